The van der Waals surface area contributed by atoms with Crippen LogP contribution < -0.4 is 10.2 Å². The zero-order valence-electron chi connectivity index (χ0n) is 14.6. The number of aromatic nitrogens is 1. The molecule has 1 aliphatic rings. The largest absolute Gasteiger partial charge is 0.381 e. The van der Waals surface area contributed by atoms with Crippen molar-refractivity contribution < 1.29 is 9.18 Å². The van der Waals surface area contributed by atoms with Crippen LogP contribution in [0.5, 0.6) is 0 Å². The molecule has 0 aliphatic carbocycles. The fourth-order valence-corrected chi connectivity index (χ4v) is 3.55. The Morgan fingerprint density at radius 2 is 2.15 bits per heavy atom. The van der Waals surface area contributed by atoms with Gasteiger partial charge in [0.15, 0.2) is 0 Å². The van der Waals surface area contributed by atoms with Crippen LogP contribution in [0.1, 0.15) is 24.5 Å². The predicted molar refractivity (Wildman–Crippen MR) is 102 cm³/mol. The fraction of sp³-hybridized carbons (Fsp3) is 0.238. The van der Waals surface area contributed by atoms with Gasteiger partial charge in [0.25, 0.3) is 0 Å². The zero-order valence-corrected chi connectivity index (χ0v) is 14.6. The number of anilines is 2. The second-order valence-electron chi connectivity index (χ2n) is 6.58. The molecule has 1 N–H and O–H groups in total. The van der Waals surface area contributed by atoms with Crippen LogP contribution in [0.25, 0.3) is 10.9 Å². The van der Waals surface area contributed by atoms with E-state index in [-0.39, 0.29) is 11.7 Å². The van der Waals surface area contributed by atoms with E-state index in [1.807, 2.05) is 17.0 Å². The van der Waals surface area contributed by atoms with Gasteiger partial charge in [-0.25, -0.2) is 4.39 Å². The zero-order chi connectivity index (χ0) is 18.1. The normalized spacial score (nSPS) is 13.5. The Hall–Kier alpha value is -2.95. The van der Waals surface area contributed by atoms with Crippen LogP contribution in [0.2, 0.25) is 0 Å². The van der Waals surface area contributed by atoms with Gasteiger partial charge in [-0.1, -0.05) is 12.1 Å². The lowest BCUT2D eigenvalue weighted by molar-refractivity contribution is -0.116. The van der Waals surface area contributed by atoms with E-state index in [0.29, 0.717) is 17.4 Å². The molecule has 1 aliphatic heterocycles. The van der Waals surface area contributed by atoms with Crippen molar-refractivity contribution in [2.45, 2.75) is 26.3 Å². The summed E-state index contributed by atoms with van der Waals surface area (Å²) < 4.78 is 13.9. The number of nitrogens with one attached hydrogen (secondary N) is 1. The third-order valence-corrected chi connectivity index (χ3v) is 4.87. The molecule has 0 atom stereocenters. The number of carbonyl (C=O) groups excluding carboxylic acids is 1. The van der Waals surface area contributed by atoms with Gasteiger partial charge >= 0.3 is 0 Å². The van der Waals surface area contributed by atoms with Gasteiger partial charge in [0.1, 0.15) is 5.82 Å². The van der Waals surface area contributed by atoms with E-state index >= 15 is 0 Å². The molecule has 4 rings (SSSR count). The number of fused-ring (bicyclic) bond motifs is 2. The highest BCUT2D eigenvalue weighted by Gasteiger charge is 2.20. The Kier molecular flexibility index (Phi) is 4.29. The van der Waals surface area contributed by atoms with Gasteiger partial charge in [-0.05, 0) is 54.3 Å². The summed E-state index contributed by atoms with van der Waals surface area (Å²) in [5, 5.41) is 3.91. The molecule has 0 saturated heterocycles. The van der Waals surface area contributed by atoms with Crippen molar-refractivity contribution in [1.82, 2.24) is 4.98 Å². The quantitative estimate of drug-likeness (QED) is 0.767. The molecule has 0 spiro atoms. The third-order valence-electron chi connectivity index (χ3n) is 4.87. The summed E-state index contributed by atoms with van der Waals surface area (Å²) >= 11 is 0. The minimum Gasteiger partial charge on any atom is -0.381 e. The Labute approximate surface area is 151 Å². The summed E-state index contributed by atoms with van der Waals surface area (Å²) in [5.74, 6) is -0.195. The number of hydrogen-bond acceptors (Lipinski definition) is 3. The highest BCUT2D eigenvalue weighted by atomic mass is 19.1. The van der Waals surface area contributed by atoms with E-state index in [1.165, 1.54) is 11.6 Å². The number of nitrogens with zero attached hydrogens (tertiary/aromatic N) is 2. The average Bonchev–Trinajstić information content (AvgIpc) is 2.67. The Bertz CT molecular complexity index is 986. The molecule has 3 aromatic rings. The Balaban J connectivity index is 1.61. The van der Waals surface area contributed by atoms with Crippen molar-refractivity contribution in [2.75, 3.05) is 16.8 Å². The lowest BCUT2D eigenvalue weighted by atomic mass is 10.0. The number of benzene rings is 2. The van der Waals surface area contributed by atoms with Crippen LogP contribution in [0.3, 0.4) is 0 Å². The molecule has 0 radical (unpaired) electrons. The maximum Gasteiger partial charge on any atom is 0.223 e. The van der Waals surface area contributed by atoms with Crippen molar-refractivity contribution in [3.63, 3.8) is 0 Å². The molecule has 2 heterocycles. The number of aryl methyl sites for hydroxylation is 1. The molecule has 5 heteroatoms. The summed E-state index contributed by atoms with van der Waals surface area (Å²) in [6, 6.07) is 12.8. The number of halogens is 1. The van der Waals surface area contributed by atoms with Crippen molar-refractivity contribution in [3.05, 3.63) is 65.6 Å². The lowest BCUT2D eigenvalue weighted by Gasteiger charge is -2.29. The molecule has 1 aromatic heterocycles. The highest BCUT2D eigenvalue weighted by molar-refractivity contribution is 5.93. The average molecular weight is 349 g/mol. The molecular weight excluding hydrogens is 329 g/mol. The molecule has 0 fully saturated rings. The summed E-state index contributed by atoms with van der Waals surface area (Å²) in [5.41, 5.74) is 4.72. The summed E-state index contributed by atoms with van der Waals surface area (Å²) in [7, 11) is 0. The molecule has 2 aromatic carbocycles. The molecule has 0 bridgehead atoms. The van der Waals surface area contributed by atoms with Crippen LogP contribution in [-0.4, -0.2) is 17.4 Å². The fourth-order valence-electron chi connectivity index (χ4n) is 3.55. The Morgan fingerprint density at radius 1 is 1.27 bits per heavy atom. The number of hydrogen-bond donors (Lipinski definition) is 1. The van der Waals surface area contributed by atoms with Gasteiger partial charge in [-0.2, -0.15) is 0 Å². The van der Waals surface area contributed by atoms with Gasteiger partial charge in [0.2, 0.25) is 5.91 Å². The van der Waals surface area contributed by atoms with E-state index in [1.54, 1.807) is 31.3 Å². The summed E-state index contributed by atoms with van der Waals surface area (Å²) in [6.45, 7) is 2.90. The maximum atomic E-state index is 13.9. The van der Waals surface area contributed by atoms with Gasteiger partial charge in [0.05, 0.1) is 5.52 Å². The third kappa shape index (κ3) is 3.01. The van der Waals surface area contributed by atoms with E-state index < -0.39 is 0 Å². The minimum absolute atomic E-state index is 0.0665. The van der Waals surface area contributed by atoms with Crippen LogP contribution in [0, 0.1) is 5.82 Å². The number of carbonyl (C=O) groups is 1. The monoisotopic (exact) mass is 349 g/mol. The maximum absolute atomic E-state index is 13.9. The first kappa shape index (κ1) is 16.5. The van der Waals surface area contributed by atoms with E-state index in [0.717, 1.165) is 36.3 Å². The summed E-state index contributed by atoms with van der Waals surface area (Å²) in [4.78, 5) is 18.1. The second kappa shape index (κ2) is 6.75. The van der Waals surface area contributed by atoms with Crippen LogP contribution in [-0.2, 0) is 17.8 Å². The lowest BCUT2D eigenvalue weighted by Crippen LogP contribution is -2.33. The Morgan fingerprint density at radius 3 is 3.00 bits per heavy atom. The van der Waals surface area contributed by atoms with Crippen LogP contribution in [0.15, 0.2) is 48.7 Å². The number of pyridine rings is 1. The van der Waals surface area contributed by atoms with Crippen molar-refractivity contribution >= 4 is 28.2 Å². The SMILES string of the molecule is CC(=O)N1CCCc2ccc(NCc3ccc(F)c4cccnc34)cc21. The van der Waals surface area contributed by atoms with E-state index in [4.69, 9.17) is 0 Å². The topological polar surface area (TPSA) is 45.2 Å². The summed E-state index contributed by atoms with van der Waals surface area (Å²) in [6.07, 6.45) is 3.66. The number of rotatable bonds is 3. The smallest absolute Gasteiger partial charge is 0.223 e. The predicted octanol–water partition coefficient (Wildman–Crippen LogP) is 4.29. The molecule has 0 unspecified atom stereocenters. The molecule has 0 saturated carbocycles. The van der Waals surface area contributed by atoms with E-state index in [2.05, 4.69) is 16.4 Å². The van der Waals surface area contributed by atoms with Crippen molar-refractivity contribution in [1.29, 1.82) is 0 Å². The van der Waals surface area contributed by atoms with Gasteiger partial charge in [-0.15, -0.1) is 0 Å². The van der Waals surface area contributed by atoms with Gasteiger partial charge in [0, 0.05) is 43.0 Å². The first-order valence-electron chi connectivity index (χ1n) is 8.80. The molecular formula is C21H20FN3O. The highest BCUT2D eigenvalue weighted by Crippen LogP contribution is 2.30. The first-order valence-corrected chi connectivity index (χ1v) is 8.80. The standard InChI is InChI=1S/C21H20FN3O/c1-14(26)25-11-3-4-15-6-8-17(12-20(15)25)24-13-16-7-9-19(22)18-5-2-10-23-21(16)18/h2,5-10,12,24H,3-4,11,13H2,1H3. The van der Waals surface area contributed by atoms with Crippen molar-refractivity contribution in [2.24, 2.45) is 0 Å². The van der Waals surface area contributed by atoms with Crippen LogP contribution >= 0.6 is 0 Å². The molecule has 4 nitrogen and oxygen atoms in total. The van der Waals surface area contributed by atoms with E-state index in [9.17, 15) is 9.18 Å². The molecule has 1 amide bonds. The second-order valence-corrected chi connectivity index (χ2v) is 6.58. The van der Waals surface area contributed by atoms with Crippen LogP contribution in [0.4, 0.5) is 15.8 Å². The van der Waals surface area contributed by atoms with Gasteiger partial charge < -0.3 is 10.2 Å². The minimum atomic E-state index is -0.261. The molecule has 26 heavy (non-hydrogen) atoms. The van der Waals surface area contributed by atoms with Crippen molar-refractivity contribution in [3.8, 4) is 0 Å². The first-order chi connectivity index (χ1) is 12.6. The molecule has 132 valence electrons. The number of amides is 1. The van der Waals surface area contributed by atoms with Gasteiger partial charge in [-0.3, -0.25) is 9.78 Å².